The first-order chi connectivity index (χ1) is 8.28. The van der Waals surface area contributed by atoms with Crippen LogP contribution in [-0.4, -0.2) is 39.9 Å². The molecule has 0 aliphatic heterocycles. The van der Waals surface area contributed by atoms with Crippen LogP contribution in [0.1, 0.15) is 37.0 Å². The third-order valence-corrected chi connectivity index (χ3v) is 1.90. The minimum absolute atomic E-state index is 0.0601. The van der Waals surface area contributed by atoms with E-state index in [1.807, 2.05) is 20.8 Å². The molecule has 1 rings (SSSR count). The van der Waals surface area contributed by atoms with Crippen LogP contribution in [0.5, 0.6) is 6.01 Å². The number of carbonyl (C=O) groups is 1. The highest BCUT2D eigenvalue weighted by Gasteiger charge is 2.11. The van der Waals surface area contributed by atoms with Crippen LogP contribution in [0, 0.1) is 6.92 Å². The maximum absolute atomic E-state index is 10.8. The molecule has 1 N–H and O–H groups in total. The maximum atomic E-state index is 10.8. The molecule has 6 heteroatoms. The lowest BCUT2D eigenvalue weighted by molar-refractivity contribution is -0.0174. The van der Waals surface area contributed by atoms with Crippen molar-refractivity contribution >= 4 is 5.97 Å². The average molecular weight is 254 g/mol. The highest BCUT2D eigenvalue weighted by molar-refractivity contribution is 5.85. The van der Waals surface area contributed by atoms with E-state index in [0.29, 0.717) is 12.3 Å². The Balaban J connectivity index is 2.55. The SMILES string of the molecule is Cc1cc(C(=O)O)nc(OCCOC(C)(C)C)n1. The summed E-state index contributed by atoms with van der Waals surface area (Å²) in [5.41, 5.74) is 0.242. The van der Waals surface area contributed by atoms with Crippen LogP contribution in [0.25, 0.3) is 0 Å². The Kier molecular flexibility index (Phi) is 4.61. The van der Waals surface area contributed by atoms with Crippen molar-refractivity contribution < 1.29 is 19.4 Å². The molecule has 0 amide bonds. The van der Waals surface area contributed by atoms with Gasteiger partial charge in [-0.05, 0) is 33.8 Å². The second-order valence-electron chi connectivity index (χ2n) is 4.79. The third kappa shape index (κ3) is 5.09. The van der Waals surface area contributed by atoms with Crippen molar-refractivity contribution in [2.24, 2.45) is 0 Å². The monoisotopic (exact) mass is 254 g/mol. The van der Waals surface area contributed by atoms with Crippen LogP contribution in [0.2, 0.25) is 0 Å². The van der Waals surface area contributed by atoms with E-state index in [0.717, 1.165) is 0 Å². The zero-order valence-corrected chi connectivity index (χ0v) is 11.1. The van der Waals surface area contributed by atoms with Crippen LogP contribution in [-0.2, 0) is 4.74 Å². The van der Waals surface area contributed by atoms with E-state index < -0.39 is 5.97 Å². The van der Waals surface area contributed by atoms with Gasteiger partial charge in [-0.2, -0.15) is 4.98 Å². The molecule has 0 saturated carbocycles. The Labute approximate surface area is 106 Å². The minimum atomic E-state index is -1.10. The molecule has 0 bridgehead atoms. The minimum Gasteiger partial charge on any atom is -0.477 e. The van der Waals surface area contributed by atoms with E-state index in [-0.39, 0.29) is 23.9 Å². The van der Waals surface area contributed by atoms with Crippen LogP contribution in [0.3, 0.4) is 0 Å². The number of aromatic carboxylic acids is 1. The number of ether oxygens (including phenoxy) is 2. The molecule has 100 valence electrons. The summed E-state index contributed by atoms with van der Waals surface area (Å²) in [6.45, 7) is 8.19. The molecule has 0 spiro atoms. The summed E-state index contributed by atoms with van der Waals surface area (Å²) in [6.07, 6.45) is 0. The van der Waals surface area contributed by atoms with Gasteiger partial charge < -0.3 is 14.6 Å². The Morgan fingerprint density at radius 1 is 1.33 bits per heavy atom. The van der Waals surface area contributed by atoms with Gasteiger partial charge in [-0.25, -0.2) is 9.78 Å². The van der Waals surface area contributed by atoms with Gasteiger partial charge >= 0.3 is 12.0 Å². The smallest absolute Gasteiger partial charge is 0.354 e. The van der Waals surface area contributed by atoms with Crippen LogP contribution in [0.4, 0.5) is 0 Å². The van der Waals surface area contributed by atoms with Crippen LogP contribution >= 0.6 is 0 Å². The molecule has 0 fully saturated rings. The topological polar surface area (TPSA) is 81.5 Å². The third-order valence-electron chi connectivity index (χ3n) is 1.90. The fourth-order valence-corrected chi connectivity index (χ4v) is 1.20. The van der Waals surface area contributed by atoms with Gasteiger partial charge in [-0.3, -0.25) is 0 Å². The number of carboxylic acid groups (broad SMARTS) is 1. The van der Waals surface area contributed by atoms with Crippen molar-refractivity contribution in [2.45, 2.75) is 33.3 Å². The zero-order valence-electron chi connectivity index (χ0n) is 11.1. The van der Waals surface area contributed by atoms with Crippen molar-refractivity contribution in [1.29, 1.82) is 0 Å². The van der Waals surface area contributed by atoms with Crippen molar-refractivity contribution in [2.75, 3.05) is 13.2 Å². The highest BCUT2D eigenvalue weighted by Crippen LogP contribution is 2.09. The molecule has 0 aromatic carbocycles. The lowest BCUT2D eigenvalue weighted by atomic mass is 10.2. The molecular formula is C12H18N2O4. The summed E-state index contributed by atoms with van der Waals surface area (Å²) in [6, 6.07) is 1.45. The zero-order chi connectivity index (χ0) is 13.8. The van der Waals surface area contributed by atoms with Crippen molar-refractivity contribution in [3.8, 4) is 6.01 Å². The lowest BCUT2D eigenvalue weighted by Crippen LogP contribution is -2.22. The first-order valence-corrected chi connectivity index (χ1v) is 5.64. The summed E-state index contributed by atoms with van der Waals surface area (Å²) >= 11 is 0. The quantitative estimate of drug-likeness (QED) is 0.805. The van der Waals surface area contributed by atoms with E-state index in [4.69, 9.17) is 14.6 Å². The Morgan fingerprint density at radius 3 is 2.56 bits per heavy atom. The molecule has 0 aliphatic rings. The molecule has 1 aromatic rings. The van der Waals surface area contributed by atoms with Crippen LogP contribution in [0.15, 0.2) is 6.07 Å². The summed E-state index contributed by atoms with van der Waals surface area (Å²) in [4.78, 5) is 18.6. The summed E-state index contributed by atoms with van der Waals surface area (Å²) in [5.74, 6) is -1.10. The van der Waals surface area contributed by atoms with Crippen LogP contribution < -0.4 is 4.74 Å². The average Bonchev–Trinajstić information content (AvgIpc) is 2.22. The predicted octanol–water partition coefficient (Wildman–Crippen LogP) is 1.68. The van der Waals surface area contributed by atoms with Gasteiger partial charge in [0.05, 0.1) is 12.2 Å². The number of rotatable bonds is 5. The fraction of sp³-hybridized carbons (Fsp3) is 0.583. The predicted molar refractivity (Wildman–Crippen MR) is 64.9 cm³/mol. The van der Waals surface area contributed by atoms with Gasteiger partial charge in [-0.15, -0.1) is 0 Å². The Hall–Kier alpha value is -1.69. The number of aromatic nitrogens is 2. The summed E-state index contributed by atoms with van der Waals surface area (Å²) in [7, 11) is 0. The molecule has 1 heterocycles. The molecule has 0 saturated heterocycles. The van der Waals surface area contributed by atoms with E-state index in [2.05, 4.69) is 9.97 Å². The number of aryl methyl sites for hydroxylation is 1. The standard InChI is InChI=1S/C12H18N2O4/c1-8-7-9(10(15)16)14-11(13-8)17-5-6-18-12(2,3)4/h7H,5-6H2,1-4H3,(H,15,16). The van der Waals surface area contributed by atoms with E-state index in [1.54, 1.807) is 6.92 Å². The normalized spacial score (nSPS) is 11.3. The van der Waals surface area contributed by atoms with Gasteiger partial charge in [0.15, 0.2) is 5.69 Å². The summed E-state index contributed by atoms with van der Waals surface area (Å²) in [5, 5.41) is 8.84. The van der Waals surface area contributed by atoms with Crippen molar-refractivity contribution in [3.63, 3.8) is 0 Å². The molecule has 18 heavy (non-hydrogen) atoms. The molecule has 6 nitrogen and oxygen atoms in total. The number of nitrogens with zero attached hydrogens (tertiary/aromatic N) is 2. The number of carboxylic acids is 1. The van der Waals surface area contributed by atoms with E-state index in [1.165, 1.54) is 6.07 Å². The fourth-order valence-electron chi connectivity index (χ4n) is 1.20. The first-order valence-electron chi connectivity index (χ1n) is 5.64. The van der Waals surface area contributed by atoms with E-state index >= 15 is 0 Å². The molecular weight excluding hydrogens is 236 g/mol. The molecule has 0 atom stereocenters. The lowest BCUT2D eigenvalue weighted by Gasteiger charge is -2.19. The highest BCUT2D eigenvalue weighted by atomic mass is 16.5. The van der Waals surface area contributed by atoms with Crippen molar-refractivity contribution in [1.82, 2.24) is 9.97 Å². The first kappa shape index (κ1) is 14.4. The Morgan fingerprint density at radius 2 is 2.00 bits per heavy atom. The van der Waals surface area contributed by atoms with Gasteiger partial charge in [0, 0.05) is 5.69 Å². The molecule has 0 radical (unpaired) electrons. The van der Waals surface area contributed by atoms with E-state index in [9.17, 15) is 4.79 Å². The number of hydrogen-bond donors (Lipinski definition) is 1. The van der Waals surface area contributed by atoms with Gasteiger partial charge in [0.2, 0.25) is 0 Å². The second kappa shape index (κ2) is 5.77. The molecule has 1 aromatic heterocycles. The number of hydrogen-bond acceptors (Lipinski definition) is 5. The summed E-state index contributed by atoms with van der Waals surface area (Å²) < 4.78 is 10.7. The van der Waals surface area contributed by atoms with Gasteiger partial charge in [0.1, 0.15) is 6.61 Å². The maximum Gasteiger partial charge on any atom is 0.354 e. The molecule has 0 unspecified atom stereocenters. The second-order valence-corrected chi connectivity index (χ2v) is 4.79. The molecule has 0 aliphatic carbocycles. The van der Waals surface area contributed by atoms with Gasteiger partial charge in [0.25, 0.3) is 0 Å². The Bertz CT molecular complexity index is 427. The van der Waals surface area contributed by atoms with Gasteiger partial charge in [-0.1, -0.05) is 0 Å². The largest absolute Gasteiger partial charge is 0.477 e. The van der Waals surface area contributed by atoms with Crippen molar-refractivity contribution in [3.05, 3.63) is 17.5 Å².